The lowest BCUT2D eigenvalue weighted by Gasteiger charge is -2.44. The van der Waals surface area contributed by atoms with Crippen molar-refractivity contribution in [3.63, 3.8) is 0 Å². The van der Waals surface area contributed by atoms with Gasteiger partial charge in [-0.1, -0.05) is 6.07 Å². The lowest BCUT2D eigenvalue weighted by Crippen LogP contribution is -2.52. The molecule has 3 atom stereocenters. The fraction of sp³-hybridized carbons (Fsp3) is 0.611. The van der Waals surface area contributed by atoms with Crippen molar-refractivity contribution in [2.75, 3.05) is 33.5 Å². The van der Waals surface area contributed by atoms with Gasteiger partial charge in [-0.2, -0.15) is 0 Å². The Kier molecular flexibility index (Phi) is 4.33. The van der Waals surface area contributed by atoms with E-state index in [1.165, 1.54) is 5.56 Å². The molecule has 6 heteroatoms. The van der Waals surface area contributed by atoms with E-state index in [2.05, 4.69) is 22.3 Å². The van der Waals surface area contributed by atoms with E-state index in [-0.39, 0.29) is 23.8 Å². The third-order valence-electron chi connectivity index (χ3n) is 5.38. The Labute approximate surface area is 142 Å². The van der Waals surface area contributed by atoms with Crippen molar-refractivity contribution >= 4 is 5.91 Å². The van der Waals surface area contributed by atoms with Gasteiger partial charge in [0.1, 0.15) is 0 Å². The molecule has 0 aromatic heterocycles. The topological polar surface area (TPSA) is 60.0 Å². The second kappa shape index (κ2) is 6.61. The van der Waals surface area contributed by atoms with Crippen LogP contribution in [0.15, 0.2) is 18.2 Å². The summed E-state index contributed by atoms with van der Waals surface area (Å²) in [6, 6.07) is 6.12. The molecule has 1 N–H and O–H groups in total. The molecule has 0 bridgehead atoms. The quantitative estimate of drug-likeness (QED) is 0.906. The molecule has 3 aliphatic rings. The minimum atomic E-state index is 0.0632. The molecule has 6 nitrogen and oxygen atoms in total. The third kappa shape index (κ3) is 2.96. The molecule has 0 saturated carbocycles. The van der Waals surface area contributed by atoms with Crippen LogP contribution in [0.3, 0.4) is 0 Å². The fourth-order valence-corrected chi connectivity index (χ4v) is 4.14. The molecular weight excluding hydrogens is 308 g/mol. The summed E-state index contributed by atoms with van der Waals surface area (Å²) in [5.41, 5.74) is 1.21. The number of carbonyl (C=O) groups excluding carboxylic acids is 1. The number of rotatable bonds is 3. The highest BCUT2D eigenvalue weighted by Gasteiger charge is 2.41. The van der Waals surface area contributed by atoms with Crippen LogP contribution in [-0.2, 0) is 16.1 Å². The molecule has 1 aromatic carbocycles. The van der Waals surface area contributed by atoms with E-state index in [0.717, 1.165) is 44.0 Å². The van der Waals surface area contributed by atoms with Crippen LogP contribution in [-0.4, -0.2) is 50.4 Å². The van der Waals surface area contributed by atoms with E-state index >= 15 is 0 Å². The maximum Gasteiger partial charge on any atom is 0.231 e. The molecular formula is C18H24N2O4. The molecule has 0 spiro atoms. The van der Waals surface area contributed by atoms with Crippen LogP contribution in [0.25, 0.3) is 0 Å². The lowest BCUT2D eigenvalue weighted by atomic mass is 9.79. The average molecular weight is 332 g/mol. The minimum Gasteiger partial charge on any atom is -0.454 e. The first-order valence-electron chi connectivity index (χ1n) is 8.68. The Morgan fingerprint density at radius 2 is 2.17 bits per heavy atom. The van der Waals surface area contributed by atoms with Crippen LogP contribution >= 0.6 is 0 Å². The van der Waals surface area contributed by atoms with Crippen LogP contribution in [0.2, 0.25) is 0 Å². The lowest BCUT2D eigenvalue weighted by molar-refractivity contribution is -0.141. The van der Waals surface area contributed by atoms with Crippen molar-refractivity contribution < 1.29 is 19.0 Å². The molecule has 24 heavy (non-hydrogen) atoms. The summed E-state index contributed by atoms with van der Waals surface area (Å²) in [5.74, 6) is 2.14. The monoisotopic (exact) mass is 332 g/mol. The van der Waals surface area contributed by atoms with Crippen LogP contribution < -0.4 is 14.8 Å². The Hall–Kier alpha value is -1.79. The van der Waals surface area contributed by atoms with Gasteiger partial charge in [0.25, 0.3) is 0 Å². The van der Waals surface area contributed by atoms with E-state index in [1.54, 1.807) is 7.05 Å². The minimum absolute atomic E-state index is 0.0632. The van der Waals surface area contributed by atoms with Crippen LogP contribution in [0.5, 0.6) is 11.5 Å². The van der Waals surface area contributed by atoms with Gasteiger partial charge in [0.2, 0.25) is 12.7 Å². The molecule has 1 amide bonds. The number of nitrogens with one attached hydrogen (secondary N) is 1. The van der Waals surface area contributed by atoms with E-state index in [4.69, 9.17) is 14.2 Å². The number of likely N-dealkylation sites (tertiary alicyclic amines) is 1. The first kappa shape index (κ1) is 15.7. The van der Waals surface area contributed by atoms with E-state index < -0.39 is 0 Å². The van der Waals surface area contributed by atoms with Crippen molar-refractivity contribution in [3.05, 3.63) is 23.8 Å². The first-order chi connectivity index (χ1) is 11.7. The van der Waals surface area contributed by atoms with E-state index in [0.29, 0.717) is 13.4 Å². The summed E-state index contributed by atoms with van der Waals surface area (Å²) in [4.78, 5) is 14.6. The Balaban J connectivity index is 1.44. The predicted molar refractivity (Wildman–Crippen MR) is 87.9 cm³/mol. The Morgan fingerprint density at radius 3 is 3.04 bits per heavy atom. The molecule has 0 unspecified atom stereocenters. The van der Waals surface area contributed by atoms with E-state index in [1.807, 2.05) is 6.07 Å². The van der Waals surface area contributed by atoms with Crippen molar-refractivity contribution in [1.82, 2.24) is 10.2 Å². The van der Waals surface area contributed by atoms with Crippen molar-refractivity contribution in [1.29, 1.82) is 0 Å². The third-order valence-corrected chi connectivity index (χ3v) is 5.38. The standard InChI is InChI=1S/C18H24N2O4/c1-19-18(21)13-5-7-22-15-4-6-20(10-14(13)15)9-12-2-3-16-17(8-12)24-11-23-16/h2-3,8,13-15H,4-7,9-11H2,1H3,(H,19,21)/t13-,14+,15-/m1/s1. The van der Waals surface area contributed by atoms with Gasteiger partial charge >= 0.3 is 0 Å². The SMILES string of the molecule is CNC(=O)[C@@H]1CCO[C@@H]2CCN(Cc3ccc4c(c3)OCO4)C[C@H]21. The number of ether oxygens (including phenoxy) is 3. The zero-order valence-corrected chi connectivity index (χ0v) is 14.0. The van der Waals surface area contributed by atoms with Gasteiger partial charge < -0.3 is 19.5 Å². The molecule has 0 radical (unpaired) electrons. The highest BCUT2D eigenvalue weighted by Crippen LogP contribution is 2.35. The smallest absolute Gasteiger partial charge is 0.231 e. The van der Waals surface area contributed by atoms with Crippen LogP contribution in [0, 0.1) is 11.8 Å². The molecule has 2 fully saturated rings. The maximum absolute atomic E-state index is 12.2. The molecule has 0 aliphatic carbocycles. The Bertz CT molecular complexity index is 621. The maximum atomic E-state index is 12.2. The van der Waals surface area contributed by atoms with Gasteiger partial charge in [-0.25, -0.2) is 0 Å². The zero-order chi connectivity index (χ0) is 16.5. The summed E-state index contributed by atoms with van der Waals surface area (Å²) >= 11 is 0. The summed E-state index contributed by atoms with van der Waals surface area (Å²) in [5, 5.41) is 2.82. The number of piperidine rings is 1. The summed E-state index contributed by atoms with van der Waals surface area (Å²) in [6.45, 7) is 3.76. The van der Waals surface area contributed by atoms with Crippen LogP contribution in [0.1, 0.15) is 18.4 Å². The second-order valence-corrected chi connectivity index (χ2v) is 6.79. The van der Waals surface area contributed by atoms with Gasteiger partial charge in [0.05, 0.1) is 6.10 Å². The molecule has 130 valence electrons. The molecule has 3 heterocycles. The largest absolute Gasteiger partial charge is 0.454 e. The van der Waals surface area contributed by atoms with Crippen molar-refractivity contribution in [3.8, 4) is 11.5 Å². The van der Waals surface area contributed by atoms with E-state index in [9.17, 15) is 4.79 Å². The van der Waals surface area contributed by atoms with Crippen molar-refractivity contribution in [2.45, 2.75) is 25.5 Å². The highest BCUT2D eigenvalue weighted by atomic mass is 16.7. The van der Waals surface area contributed by atoms with Gasteiger partial charge in [0, 0.05) is 45.1 Å². The second-order valence-electron chi connectivity index (χ2n) is 6.79. The number of fused-ring (bicyclic) bond motifs is 2. The van der Waals surface area contributed by atoms with Gasteiger partial charge in [-0.15, -0.1) is 0 Å². The van der Waals surface area contributed by atoms with Crippen LogP contribution in [0.4, 0.5) is 0 Å². The summed E-state index contributed by atoms with van der Waals surface area (Å²) < 4.78 is 16.8. The normalized spacial score (nSPS) is 29.1. The molecule has 2 saturated heterocycles. The summed E-state index contributed by atoms with van der Waals surface area (Å²) in [7, 11) is 1.72. The Morgan fingerprint density at radius 1 is 1.29 bits per heavy atom. The van der Waals surface area contributed by atoms with Gasteiger partial charge in [-0.3, -0.25) is 9.69 Å². The molecule has 1 aromatic rings. The number of carbonyl (C=O) groups is 1. The highest BCUT2D eigenvalue weighted by molar-refractivity contribution is 5.78. The number of benzene rings is 1. The van der Waals surface area contributed by atoms with Gasteiger partial charge in [-0.05, 0) is 30.5 Å². The average Bonchev–Trinajstić information content (AvgIpc) is 3.08. The van der Waals surface area contributed by atoms with Gasteiger partial charge in [0.15, 0.2) is 11.5 Å². The van der Waals surface area contributed by atoms with Crippen molar-refractivity contribution in [2.24, 2.45) is 11.8 Å². The molecule has 3 aliphatic heterocycles. The first-order valence-corrected chi connectivity index (χ1v) is 8.68. The zero-order valence-electron chi connectivity index (χ0n) is 14.0. The predicted octanol–water partition coefficient (Wildman–Crippen LogP) is 1.39. The number of nitrogens with zero attached hydrogens (tertiary/aromatic N) is 1. The number of hydrogen-bond donors (Lipinski definition) is 1. The fourth-order valence-electron chi connectivity index (χ4n) is 4.14. The molecule has 4 rings (SSSR count). The summed E-state index contributed by atoms with van der Waals surface area (Å²) in [6.07, 6.45) is 2.02. The number of amides is 1. The number of hydrogen-bond acceptors (Lipinski definition) is 5.